The number of aliphatic hydroxyl groups is 1. The molecule has 1 aliphatic heterocycles. The second-order valence-corrected chi connectivity index (χ2v) is 4.06. The predicted octanol–water partition coefficient (Wildman–Crippen LogP) is 2.20. The van der Waals surface area contributed by atoms with E-state index in [1.807, 2.05) is 30.3 Å². The van der Waals surface area contributed by atoms with Gasteiger partial charge in [-0.05, 0) is 12.0 Å². The second kappa shape index (κ2) is 5.12. The maximum Gasteiger partial charge on any atom is 0.158 e. The Labute approximate surface area is 95.7 Å². The molecule has 0 aromatic heterocycles. The maximum absolute atomic E-state index is 9.23. The average molecular weight is 219 g/mol. The molecule has 16 heavy (non-hydrogen) atoms. The van der Waals surface area contributed by atoms with E-state index in [1.54, 1.807) is 0 Å². The molecule has 0 saturated carbocycles. The summed E-state index contributed by atoms with van der Waals surface area (Å²) in [5.74, 6) is 0.220. The molecule has 0 amide bonds. The van der Waals surface area contributed by atoms with E-state index in [2.05, 4.69) is 12.1 Å². The minimum Gasteiger partial charge on any atom is -0.392 e. The van der Waals surface area contributed by atoms with E-state index in [0.717, 1.165) is 24.1 Å². The first-order valence-corrected chi connectivity index (χ1v) is 5.76. The van der Waals surface area contributed by atoms with Crippen LogP contribution in [-0.2, 0) is 4.84 Å². The third-order valence-electron chi connectivity index (χ3n) is 2.94. The maximum atomic E-state index is 9.23. The third-order valence-corrected chi connectivity index (χ3v) is 2.94. The molecule has 2 rings (SSSR count). The van der Waals surface area contributed by atoms with Gasteiger partial charge < -0.3 is 9.94 Å². The first kappa shape index (κ1) is 11.1. The molecule has 2 atom stereocenters. The van der Waals surface area contributed by atoms with Crippen molar-refractivity contribution in [2.24, 2.45) is 11.1 Å². The van der Waals surface area contributed by atoms with Crippen molar-refractivity contribution in [1.82, 2.24) is 0 Å². The molecule has 0 aliphatic carbocycles. The van der Waals surface area contributed by atoms with Crippen LogP contribution in [0.15, 0.2) is 35.5 Å². The van der Waals surface area contributed by atoms with Gasteiger partial charge in [0.1, 0.15) is 0 Å². The highest BCUT2D eigenvalue weighted by Crippen LogP contribution is 2.26. The topological polar surface area (TPSA) is 41.8 Å². The average Bonchev–Trinajstić information content (AvgIpc) is 2.74. The van der Waals surface area contributed by atoms with Crippen molar-refractivity contribution in [3.63, 3.8) is 0 Å². The van der Waals surface area contributed by atoms with Gasteiger partial charge in [0.05, 0.1) is 12.3 Å². The van der Waals surface area contributed by atoms with Crippen LogP contribution in [-0.4, -0.2) is 23.5 Å². The van der Waals surface area contributed by atoms with Crippen LogP contribution in [0.5, 0.6) is 0 Å². The van der Waals surface area contributed by atoms with Crippen molar-refractivity contribution in [1.29, 1.82) is 0 Å². The number of hydrogen-bond donors (Lipinski definition) is 1. The molecule has 0 fully saturated rings. The highest BCUT2D eigenvalue weighted by molar-refractivity contribution is 6.03. The molecule has 1 N–H and O–H groups in total. The molecule has 3 nitrogen and oxygen atoms in total. The summed E-state index contributed by atoms with van der Waals surface area (Å²) < 4.78 is 0. The Hall–Kier alpha value is -1.35. The van der Waals surface area contributed by atoms with Gasteiger partial charge in [-0.1, -0.05) is 48.8 Å². The molecule has 0 spiro atoms. The molecule has 0 saturated heterocycles. The molecule has 1 aliphatic rings. The summed E-state index contributed by atoms with van der Waals surface area (Å²) in [5.41, 5.74) is 2.07. The van der Waals surface area contributed by atoms with Gasteiger partial charge in [0, 0.05) is 5.92 Å². The smallest absolute Gasteiger partial charge is 0.158 e. The summed E-state index contributed by atoms with van der Waals surface area (Å²) in [6, 6.07) is 10.0. The first-order valence-electron chi connectivity index (χ1n) is 5.76. The quantitative estimate of drug-likeness (QED) is 0.843. The number of rotatable bonds is 4. The lowest BCUT2D eigenvalue weighted by Crippen LogP contribution is -2.27. The summed E-state index contributed by atoms with van der Waals surface area (Å²) in [6.07, 6.45) is 1.89. The fourth-order valence-corrected chi connectivity index (χ4v) is 2.11. The van der Waals surface area contributed by atoms with Crippen LogP contribution in [0, 0.1) is 5.92 Å². The highest BCUT2D eigenvalue weighted by atomic mass is 16.6. The molecular weight excluding hydrogens is 202 g/mol. The monoisotopic (exact) mass is 219 g/mol. The Kier molecular flexibility index (Phi) is 3.57. The molecule has 3 heteroatoms. The number of aliphatic hydroxyl groups excluding tert-OH is 1. The zero-order valence-corrected chi connectivity index (χ0v) is 9.47. The van der Waals surface area contributed by atoms with Gasteiger partial charge in [-0.2, -0.15) is 0 Å². The Morgan fingerprint density at radius 1 is 1.31 bits per heavy atom. The summed E-state index contributed by atoms with van der Waals surface area (Å²) in [4.78, 5) is 5.27. The van der Waals surface area contributed by atoms with E-state index >= 15 is 0 Å². The summed E-state index contributed by atoms with van der Waals surface area (Å²) >= 11 is 0. The predicted molar refractivity (Wildman–Crippen MR) is 63.3 cm³/mol. The van der Waals surface area contributed by atoms with Crippen molar-refractivity contribution in [3.8, 4) is 0 Å². The van der Waals surface area contributed by atoms with Gasteiger partial charge in [-0.15, -0.1) is 0 Å². The molecule has 1 heterocycles. The summed E-state index contributed by atoms with van der Waals surface area (Å²) in [5, 5.41) is 13.3. The van der Waals surface area contributed by atoms with E-state index in [9.17, 15) is 5.11 Å². The van der Waals surface area contributed by atoms with Crippen LogP contribution in [0.1, 0.15) is 25.3 Å². The third kappa shape index (κ3) is 2.09. The summed E-state index contributed by atoms with van der Waals surface area (Å²) in [6.45, 7) is 2.17. The van der Waals surface area contributed by atoms with E-state index < -0.39 is 0 Å². The Balaban J connectivity index is 2.21. The number of oxime groups is 1. The van der Waals surface area contributed by atoms with E-state index in [4.69, 9.17) is 4.84 Å². The van der Waals surface area contributed by atoms with Crippen LogP contribution in [0.25, 0.3) is 0 Å². The molecule has 1 aromatic carbocycles. The molecule has 1 aromatic rings. The van der Waals surface area contributed by atoms with Crippen LogP contribution < -0.4 is 0 Å². The number of benzene rings is 1. The molecule has 0 radical (unpaired) electrons. The Bertz CT molecular complexity index is 361. The fraction of sp³-hybridized carbons (Fsp3) is 0.462. The van der Waals surface area contributed by atoms with Crippen molar-refractivity contribution < 1.29 is 9.94 Å². The standard InChI is InChI=1S/C13H17NO2/c1-2-6-11-12(9-15)16-14-13(11)10-7-4-3-5-8-10/h3-5,7-8,11-12,15H,2,6,9H2,1H3/t11-,12+/m1/s1. The zero-order valence-electron chi connectivity index (χ0n) is 9.47. The highest BCUT2D eigenvalue weighted by Gasteiger charge is 2.33. The molecular formula is C13H17NO2. The van der Waals surface area contributed by atoms with Gasteiger partial charge in [0.15, 0.2) is 6.10 Å². The normalized spacial score (nSPS) is 24.0. The number of nitrogens with zero attached hydrogens (tertiary/aromatic N) is 1. The van der Waals surface area contributed by atoms with Crippen LogP contribution >= 0.6 is 0 Å². The van der Waals surface area contributed by atoms with Gasteiger partial charge in [0.2, 0.25) is 0 Å². The lowest BCUT2D eigenvalue weighted by molar-refractivity contribution is 0.0162. The lowest BCUT2D eigenvalue weighted by atomic mass is 9.89. The van der Waals surface area contributed by atoms with E-state index in [1.165, 1.54) is 0 Å². The SMILES string of the molecule is CCC[C@H]1C(c2ccccc2)=NO[C@H]1CO. The van der Waals surface area contributed by atoms with Gasteiger partial charge in [0.25, 0.3) is 0 Å². The van der Waals surface area contributed by atoms with Gasteiger partial charge >= 0.3 is 0 Å². The van der Waals surface area contributed by atoms with E-state index in [0.29, 0.717) is 0 Å². The minimum absolute atomic E-state index is 0.0322. The first-order chi connectivity index (χ1) is 7.86. The van der Waals surface area contributed by atoms with Crippen molar-refractivity contribution in [3.05, 3.63) is 35.9 Å². The largest absolute Gasteiger partial charge is 0.392 e. The zero-order chi connectivity index (χ0) is 11.4. The summed E-state index contributed by atoms with van der Waals surface area (Å²) in [7, 11) is 0. The van der Waals surface area contributed by atoms with Gasteiger partial charge in [-0.3, -0.25) is 0 Å². The fourth-order valence-electron chi connectivity index (χ4n) is 2.11. The van der Waals surface area contributed by atoms with Crippen LogP contribution in [0.3, 0.4) is 0 Å². The molecule has 0 bridgehead atoms. The molecule has 86 valence electrons. The van der Waals surface area contributed by atoms with E-state index in [-0.39, 0.29) is 18.6 Å². The van der Waals surface area contributed by atoms with Crippen molar-refractivity contribution in [2.75, 3.05) is 6.61 Å². The number of hydrogen-bond acceptors (Lipinski definition) is 3. The van der Waals surface area contributed by atoms with Gasteiger partial charge in [-0.25, -0.2) is 0 Å². The Morgan fingerprint density at radius 3 is 2.69 bits per heavy atom. The van der Waals surface area contributed by atoms with Crippen LogP contribution in [0.2, 0.25) is 0 Å². The van der Waals surface area contributed by atoms with Crippen LogP contribution in [0.4, 0.5) is 0 Å². The van der Waals surface area contributed by atoms with Crippen molar-refractivity contribution >= 4 is 5.71 Å². The lowest BCUT2D eigenvalue weighted by Gasteiger charge is -2.15. The van der Waals surface area contributed by atoms with Crippen molar-refractivity contribution in [2.45, 2.75) is 25.9 Å². The Morgan fingerprint density at radius 2 is 2.06 bits per heavy atom. The minimum atomic E-state index is -0.171. The molecule has 0 unspecified atom stereocenters. The second-order valence-electron chi connectivity index (χ2n) is 4.06.